The quantitative estimate of drug-likeness (QED) is 0.583. The summed E-state index contributed by atoms with van der Waals surface area (Å²) < 4.78 is 5.00. The lowest BCUT2D eigenvalue weighted by molar-refractivity contribution is 0.102. The van der Waals surface area contributed by atoms with E-state index in [1.807, 2.05) is 43.3 Å². The lowest BCUT2D eigenvalue weighted by Gasteiger charge is -2.10. The van der Waals surface area contributed by atoms with E-state index in [1.54, 1.807) is 12.4 Å². The molecule has 0 aliphatic heterocycles. The summed E-state index contributed by atoms with van der Waals surface area (Å²) in [7, 11) is 1.50. The summed E-state index contributed by atoms with van der Waals surface area (Å²) in [6, 6.07) is 11.7. The highest BCUT2D eigenvalue weighted by atomic mass is 32.1. The summed E-state index contributed by atoms with van der Waals surface area (Å²) in [6.07, 6.45) is 3.33. The maximum atomic E-state index is 12.8. The molecule has 3 aromatic heterocycles. The van der Waals surface area contributed by atoms with Crippen LogP contribution in [0.4, 0.5) is 5.13 Å². The van der Waals surface area contributed by atoms with Gasteiger partial charge in [-0.3, -0.25) is 20.1 Å². The predicted molar refractivity (Wildman–Crippen MR) is 104 cm³/mol. The van der Waals surface area contributed by atoms with Crippen LogP contribution in [0.25, 0.3) is 22.0 Å². The first kappa shape index (κ1) is 17.0. The summed E-state index contributed by atoms with van der Waals surface area (Å²) in [5, 5.41) is 12.2. The number of aryl methyl sites for hydroxylation is 1. The van der Waals surface area contributed by atoms with E-state index in [4.69, 9.17) is 4.74 Å². The van der Waals surface area contributed by atoms with Crippen molar-refractivity contribution in [2.45, 2.75) is 6.92 Å². The Labute approximate surface area is 159 Å². The molecule has 3 heterocycles. The highest BCUT2D eigenvalue weighted by molar-refractivity contribution is 7.17. The van der Waals surface area contributed by atoms with E-state index in [9.17, 15) is 4.79 Å². The van der Waals surface area contributed by atoms with Crippen LogP contribution >= 0.6 is 11.3 Å². The smallest absolute Gasteiger partial charge is 0.295 e. The van der Waals surface area contributed by atoms with Gasteiger partial charge in [-0.25, -0.2) is 0 Å². The van der Waals surface area contributed by atoms with Gasteiger partial charge in [0.2, 0.25) is 5.13 Å². The SMILES string of the molecule is COc1nnc(NC(=O)c2cnc(C)cc2-c2cnc3ccccc3c2)s1. The topological polar surface area (TPSA) is 89.9 Å². The third kappa shape index (κ3) is 3.47. The van der Waals surface area contributed by atoms with Crippen molar-refractivity contribution in [2.24, 2.45) is 0 Å². The second kappa shape index (κ2) is 7.08. The van der Waals surface area contributed by atoms with Crippen LogP contribution in [0.5, 0.6) is 5.19 Å². The molecule has 0 fully saturated rings. The van der Waals surface area contributed by atoms with Crippen molar-refractivity contribution in [1.29, 1.82) is 0 Å². The van der Waals surface area contributed by atoms with Gasteiger partial charge in [0.25, 0.3) is 11.1 Å². The van der Waals surface area contributed by atoms with E-state index in [1.165, 1.54) is 7.11 Å². The molecule has 7 nitrogen and oxygen atoms in total. The van der Waals surface area contributed by atoms with Gasteiger partial charge in [-0.2, -0.15) is 0 Å². The van der Waals surface area contributed by atoms with Gasteiger partial charge in [0.05, 0.1) is 18.2 Å². The van der Waals surface area contributed by atoms with Gasteiger partial charge in [0.1, 0.15) is 0 Å². The van der Waals surface area contributed by atoms with Crippen LogP contribution in [-0.4, -0.2) is 33.2 Å². The largest absolute Gasteiger partial charge is 0.472 e. The van der Waals surface area contributed by atoms with Crippen molar-refractivity contribution >= 4 is 33.3 Å². The number of para-hydroxylation sites is 1. The fraction of sp³-hybridized carbons (Fsp3) is 0.105. The number of carbonyl (C=O) groups excluding carboxylic acids is 1. The summed E-state index contributed by atoms with van der Waals surface area (Å²) in [5.41, 5.74) is 3.76. The molecule has 4 aromatic rings. The number of rotatable bonds is 4. The Morgan fingerprint density at radius 3 is 2.78 bits per heavy atom. The zero-order valence-corrected chi connectivity index (χ0v) is 15.4. The average molecular weight is 377 g/mol. The number of fused-ring (bicyclic) bond motifs is 1. The summed E-state index contributed by atoms with van der Waals surface area (Å²) in [6.45, 7) is 1.88. The minimum Gasteiger partial charge on any atom is -0.472 e. The lowest BCUT2D eigenvalue weighted by atomic mass is 10.0. The molecule has 0 saturated heterocycles. The molecule has 0 unspecified atom stereocenters. The molecule has 0 atom stereocenters. The van der Waals surface area contributed by atoms with Gasteiger partial charge in [-0.15, -0.1) is 5.10 Å². The van der Waals surface area contributed by atoms with Gasteiger partial charge < -0.3 is 4.74 Å². The molecule has 27 heavy (non-hydrogen) atoms. The van der Waals surface area contributed by atoms with Gasteiger partial charge in [0, 0.05) is 29.0 Å². The number of anilines is 1. The van der Waals surface area contributed by atoms with Crippen LogP contribution in [0.2, 0.25) is 0 Å². The Hall–Kier alpha value is -3.39. The van der Waals surface area contributed by atoms with Gasteiger partial charge in [-0.05, 0) is 42.0 Å². The number of nitrogens with zero attached hydrogens (tertiary/aromatic N) is 4. The number of benzene rings is 1. The minimum absolute atomic E-state index is 0.315. The molecule has 1 N–H and O–H groups in total. The molecule has 0 aliphatic rings. The lowest BCUT2D eigenvalue weighted by Crippen LogP contribution is -2.14. The highest BCUT2D eigenvalue weighted by Crippen LogP contribution is 2.28. The fourth-order valence-corrected chi connectivity index (χ4v) is 3.26. The molecule has 4 rings (SSSR count). The molecule has 0 radical (unpaired) electrons. The third-order valence-corrected chi connectivity index (χ3v) is 4.79. The molecular formula is C19H15N5O2S. The second-order valence-corrected chi connectivity index (χ2v) is 6.76. The van der Waals surface area contributed by atoms with E-state index < -0.39 is 0 Å². The normalized spacial score (nSPS) is 10.7. The number of aromatic nitrogens is 4. The molecule has 1 amide bonds. The van der Waals surface area contributed by atoms with Crippen molar-refractivity contribution in [1.82, 2.24) is 20.2 Å². The molecule has 8 heteroatoms. The van der Waals surface area contributed by atoms with E-state index in [0.29, 0.717) is 15.9 Å². The number of methoxy groups -OCH3 is 1. The Balaban J connectivity index is 1.73. The molecule has 0 aliphatic carbocycles. The fourth-order valence-electron chi connectivity index (χ4n) is 2.71. The molecule has 0 spiro atoms. The number of amides is 1. The van der Waals surface area contributed by atoms with Crippen LogP contribution in [0.15, 0.2) is 48.8 Å². The Morgan fingerprint density at radius 1 is 1.11 bits per heavy atom. The van der Waals surface area contributed by atoms with Crippen LogP contribution in [0, 0.1) is 6.92 Å². The number of ether oxygens (including phenoxy) is 1. The Kier molecular flexibility index (Phi) is 4.47. The number of carbonyl (C=O) groups is 1. The maximum absolute atomic E-state index is 12.8. The highest BCUT2D eigenvalue weighted by Gasteiger charge is 2.17. The van der Waals surface area contributed by atoms with Crippen molar-refractivity contribution in [2.75, 3.05) is 12.4 Å². The standard InChI is InChI=1S/C19H15N5O2S/c1-11-7-14(13-8-12-5-3-4-6-16(12)21-9-13)15(10-20-11)17(25)22-18-23-24-19(26-2)27-18/h3-10H,1-2H3,(H,22,23,25). The minimum atomic E-state index is -0.315. The van der Waals surface area contributed by atoms with E-state index in [-0.39, 0.29) is 5.91 Å². The van der Waals surface area contributed by atoms with Crippen LogP contribution in [-0.2, 0) is 0 Å². The first-order valence-electron chi connectivity index (χ1n) is 8.14. The summed E-state index contributed by atoms with van der Waals surface area (Å²) in [5.74, 6) is -0.315. The third-order valence-electron chi connectivity index (χ3n) is 3.99. The average Bonchev–Trinajstić information content (AvgIpc) is 3.15. The summed E-state index contributed by atoms with van der Waals surface area (Å²) in [4.78, 5) is 21.6. The van der Waals surface area contributed by atoms with Crippen molar-refractivity contribution < 1.29 is 9.53 Å². The van der Waals surface area contributed by atoms with Crippen molar-refractivity contribution in [3.8, 4) is 16.3 Å². The number of hydrogen-bond acceptors (Lipinski definition) is 7. The van der Waals surface area contributed by atoms with Gasteiger partial charge >= 0.3 is 0 Å². The van der Waals surface area contributed by atoms with Crippen LogP contribution in [0.3, 0.4) is 0 Å². The van der Waals surface area contributed by atoms with E-state index in [2.05, 4.69) is 25.5 Å². The van der Waals surface area contributed by atoms with Crippen LogP contribution in [0.1, 0.15) is 16.1 Å². The maximum Gasteiger partial charge on any atom is 0.295 e. The van der Waals surface area contributed by atoms with Gasteiger partial charge in [0.15, 0.2) is 0 Å². The van der Waals surface area contributed by atoms with Crippen LogP contribution < -0.4 is 10.1 Å². The predicted octanol–water partition coefficient (Wildman–Crippen LogP) is 3.72. The first-order chi connectivity index (χ1) is 13.1. The molecular weight excluding hydrogens is 362 g/mol. The van der Waals surface area contributed by atoms with Crippen molar-refractivity contribution in [3.63, 3.8) is 0 Å². The first-order valence-corrected chi connectivity index (χ1v) is 8.96. The molecule has 134 valence electrons. The second-order valence-electron chi connectivity index (χ2n) is 5.82. The number of nitrogens with one attached hydrogen (secondary N) is 1. The summed E-state index contributed by atoms with van der Waals surface area (Å²) >= 11 is 1.15. The monoisotopic (exact) mass is 377 g/mol. The molecule has 0 bridgehead atoms. The Bertz CT molecular complexity index is 1140. The van der Waals surface area contributed by atoms with E-state index in [0.717, 1.165) is 39.1 Å². The Morgan fingerprint density at radius 2 is 1.96 bits per heavy atom. The molecule has 1 aromatic carbocycles. The zero-order chi connectivity index (χ0) is 18.8. The van der Waals surface area contributed by atoms with Gasteiger partial charge in [-0.1, -0.05) is 23.3 Å². The molecule has 0 saturated carbocycles. The van der Waals surface area contributed by atoms with Crippen molar-refractivity contribution in [3.05, 3.63) is 60.0 Å². The number of hydrogen-bond donors (Lipinski definition) is 1. The van der Waals surface area contributed by atoms with E-state index >= 15 is 0 Å². The number of pyridine rings is 2. The zero-order valence-electron chi connectivity index (χ0n) is 14.6.